The molecule has 10 heteroatoms. The summed E-state index contributed by atoms with van der Waals surface area (Å²) in [6, 6.07) is 7.16. The van der Waals surface area contributed by atoms with Crippen molar-refractivity contribution in [2.45, 2.75) is 6.92 Å². The van der Waals surface area contributed by atoms with E-state index in [-0.39, 0.29) is 0 Å². The molecule has 0 radical (unpaired) electrons. The second-order valence-electron chi connectivity index (χ2n) is 6.85. The largest absolute Gasteiger partial charge is 0.462 e. The number of nitrogens with zero attached hydrogens (tertiary/aromatic N) is 5. The van der Waals surface area contributed by atoms with E-state index in [0.29, 0.717) is 88.3 Å². The van der Waals surface area contributed by atoms with Crippen LogP contribution in [0.15, 0.2) is 24.3 Å². The van der Waals surface area contributed by atoms with E-state index in [9.17, 15) is 4.79 Å². The minimum Gasteiger partial charge on any atom is -0.462 e. The third kappa shape index (κ3) is 4.77. The standard InChI is InChI=1S/C20H26N6O4/c1-2-30-17(27)15-5-3-4-6-16(15)21-18-22-19(25-7-11-28-12-8-25)24-20(23-18)26-9-13-29-14-10-26/h3-6H,2,7-14H2,1H3,(H,21,22,23,24). The van der Waals surface area contributed by atoms with E-state index in [0.717, 1.165) is 0 Å². The summed E-state index contributed by atoms with van der Waals surface area (Å²) in [5.41, 5.74) is 1.02. The summed E-state index contributed by atoms with van der Waals surface area (Å²) in [5, 5.41) is 3.19. The molecule has 1 aromatic carbocycles. The van der Waals surface area contributed by atoms with Crippen LogP contribution in [0.25, 0.3) is 0 Å². The van der Waals surface area contributed by atoms with Gasteiger partial charge in [-0.15, -0.1) is 0 Å². The molecule has 0 atom stereocenters. The second-order valence-corrected chi connectivity index (χ2v) is 6.85. The van der Waals surface area contributed by atoms with Crippen LogP contribution in [-0.2, 0) is 14.2 Å². The number of para-hydroxylation sites is 1. The number of ether oxygens (including phenoxy) is 3. The third-order valence-electron chi connectivity index (χ3n) is 4.87. The lowest BCUT2D eigenvalue weighted by Gasteiger charge is -2.30. The van der Waals surface area contributed by atoms with E-state index < -0.39 is 5.97 Å². The molecule has 0 aliphatic carbocycles. The summed E-state index contributed by atoms with van der Waals surface area (Å²) in [6.45, 7) is 7.47. The lowest BCUT2D eigenvalue weighted by Crippen LogP contribution is -2.40. The van der Waals surface area contributed by atoms with Crippen molar-refractivity contribution in [1.82, 2.24) is 15.0 Å². The van der Waals surface area contributed by atoms with E-state index in [4.69, 9.17) is 19.2 Å². The number of aromatic nitrogens is 3. The Bertz CT molecular complexity index is 832. The van der Waals surface area contributed by atoms with Gasteiger partial charge in [0.05, 0.1) is 44.3 Å². The second kappa shape index (κ2) is 9.68. The molecule has 1 aromatic heterocycles. The highest BCUT2D eigenvalue weighted by atomic mass is 16.5. The van der Waals surface area contributed by atoms with Crippen LogP contribution in [-0.4, -0.2) is 80.1 Å². The molecule has 2 aliphatic heterocycles. The minimum absolute atomic E-state index is 0.307. The maximum atomic E-state index is 12.3. The number of esters is 1. The summed E-state index contributed by atoms with van der Waals surface area (Å²) < 4.78 is 16.1. The predicted octanol–water partition coefficient (Wildman–Crippen LogP) is 1.47. The van der Waals surface area contributed by atoms with Gasteiger partial charge in [0.15, 0.2) is 0 Å². The molecule has 4 rings (SSSR count). The van der Waals surface area contributed by atoms with Crippen LogP contribution in [0.5, 0.6) is 0 Å². The number of anilines is 4. The number of carbonyl (C=O) groups excluding carboxylic acids is 1. The van der Waals surface area contributed by atoms with Gasteiger partial charge in [-0.3, -0.25) is 0 Å². The fourth-order valence-electron chi connectivity index (χ4n) is 3.32. The number of hydrogen-bond acceptors (Lipinski definition) is 10. The van der Waals surface area contributed by atoms with Crippen LogP contribution in [0.1, 0.15) is 17.3 Å². The van der Waals surface area contributed by atoms with Crippen LogP contribution in [0.3, 0.4) is 0 Å². The fourth-order valence-corrected chi connectivity index (χ4v) is 3.32. The monoisotopic (exact) mass is 414 g/mol. The Hall–Kier alpha value is -2.98. The van der Waals surface area contributed by atoms with Gasteiger partial charge >= 0.3 is 5.97 Å². The Morgan fingerprint density at radius 3 is 2.10 bits per heavy atom. The van der Waals surface area contributed by atoms with Gasteiger partial charge in [0.1, 0.15) is 0 Å². The lowest BCUT2D eigenvalue weighted by atomic mass is 10.2. The normalized spacial score (nSPS) is 17.0. The zero-order valence-corrected chi connectivity index (χ0v) is 17.0. The van der Waals surface area contributed by atoms with Crippen molar-refractivity contribution < 1.29 is 19.0 Å². The highest BCUT2D eigenvalue weighted by Crippen LogP contribution is 2.23. The molecule has 2 aromatic rings. The Kier molecular flexibility index (Phi) is 6.55. The Morgan fingerprint density at radius 1 is 0.967 bits per heavy atom. The van der Waals surface area contributed by atoms with Crippen LogP contribution in [0, 0.1) is 0 Å². The summed E-state index contributed by atoms with van der Waals surface area (Å²) in [7, 11) is 0. The first-order valence-corrected chi connectivity index (χ1v) is 10.2. The maximum Gasteiger partial charge on any atom is 0.340 e. The number of rotatable bonds is 6. The molecule has 0 bridgehead atoms. The summed E-state index contributed by atoms with van der Waals surface area (Å²) in [4.78, 5) is 30.4. The first kappa shape index (κ1) is 20.3. The molecule has 2 fully saturated rings. The molecule has 0 spiro atoms. The number of carbonyl (C=O) groups is 1. The van der Waals surface area contributed by atoms with Crippen molar-refractivity contribution in [3.05, 3.63) is 29.8 Å². The molecule has 2 aliphatic rings. The molecule has 0 amide bonds. The van der Waals surface area contributed by atoms with E-state index in [2.05, 4.69) is 25.1 Å². The van der Waals surface area contributed by atoms with Gasteiger partial charge in [-0.25, -0.2) is 4.79 Å². The van der Waals surface area contributed by atoms with E-state index in [1.807, 2.05) is 6.07 Å². The highest BCUT2D eigenvalue weighted by molar-refractivity contribution is 5.96. The highest BCUT2D eigenvalue weighted by Gasteiger charge is 2.21. The van der Waals surface area contributed by atoms with E-state index >= 15 is 0 Å². The number of hydrogen-bond donors (Lipinski definition) is 1. The maximum absolute atomic E-state index is 12.3. The van der Waals surface area contributed by atoms with Gasteiger partial charge in [-0.2, -0.15) is 15.0 Å². The van der Waals surface area contributed by atoms with Gasteiger partial charge < -0.3 is 29.3 Å². The van der Waals surface area contributed by atoms with Gasteiger partial charge in [0.2, 0.25) is 17.8 Å². The van der Waals surface area contributed by atoms with Crippen LogP contribution in [0.4, 0.5) is 23.5 Å². The third-order valence-corrected chi connectivity index (χ3v) is 4.87. The van der Waals surface area contributed by atoms with Crippen molar-refractivity contribution in [3.63, 3.8) is 0 Å². The van der Waals surface area contributed by atoms with Crippen molar-refractivity contribution >= 4 is 29.5 Å². The first-order valence-electron chi connectivity index (χ1n) is 10.2. The molecule has 160 valence electrons. The summed E-state index contributed by atoms with van der Waals surface area (Å²) >= 11 is 0. The number of morpholine rings is 2. The Balaban J connectivity index is 1.66. The van der Waals surface area contributed by atoms with Gasteiger partial charge in [-0.05, 0) is 19.1 Å². The molecular weight excluding hydrogens is 388 g/mol. The van der Waals surface area contributed by atoms with Crippen LogP contribution >= 0.6 is 0 Å². The van der Waals surface area contributed by atoms with Crippen molar-refractivity contribution in [2.24, 2.45) is 0 Å². The number of nitrogens with one attached hydrogen (secondary N) is 1. The molecule has 30 heavy (non-hydrogen) atoms. The zero-order valence-electron chi connectivity index (χ0n) is 17.0. The van der Waals surface area contributed by atoms with Crippen LogP contribution < -0.4 is 15.1 Å². The number of benzene rings is 1. The van der Waals surface area contributed by atoms with Crippen LogP contribution in [0.2, 0.25) is 0 Å². The lowest BCUT2D eigenvalue weighted by molar-refractivity contribution is 0.0527. The smallest absolute Gasteiger partial charge is 0.340 e. The summed E-state index contributed by atoms with van der Waals surface area (Å²) in [5.74, 6) is 1.16. The zero-order chi connectivity index (χ0) is 20.8. The molecular formula is C20H26N6O4. The Labute approximate surface area is 175 Å². The van der Waals surface area contributed by atoms with Crippen molar-refractivity contribution in [2.75, 3.05) is 74.3 Å². The van der Waals surface area contributed by atoms with Gasteiger partial charge in [0, 0.05) is 26.2 Å². The molecule has 0 unspecified atom stereocenters. The average Bonchev–Trinajstić information content (AvgIpc) is 2.80. The SMILES string of the molecule is CCOC(=O)c1ccccc1Nc1nc(N2CCOCC2)nc(N2CCOCC2)n1. The van der Waals surface area contributed by atoms with Crippen molar-refractivity contribution in [1.29, 1.82) is 0 Å². The molecule has 2 saturated heterocycles. The van der Waals surface area contributed by atoms with E-state index in [1.165, 1.54) is 0 Å². The van der Waals surface area contributed by atoms with E-state index in [1.54, 1.807) is 25.1 Å². The Morgan fingerprint density at radius 2 is 1.53 bits per heavy atom. The predicted molar refractivity (Wildman–Crippen MR) is 112 cm³/mol. The van der Waals surface area contributed by atoms with Crippen molar-refractivity contribution in [3.8, 4) is 0 Å². The first-order chi connectivity index (χ1) is 14.7. The fraction of sp³-hybridized carbons (Fsp3) is 0.500. The molecule has 1 N–H and O–H groups in total. The van der Waals surface area contributed by atoms with Gasteiger partial charge in [0.25, 0.3) is 0 Å². The molecule has 3 heterocycles. The minimum atomic E-state index is -0.392. The summed E-state index contributed by atoms with van der Waals surface area (Å²) in [6.07, 6.45) is 0. The molecule has 0 saturated carbocycles. The average molecular weight is 414 g/mol. The topological polar surface area (TPSA) is 102 Å². The van der Waals surface area contributed by atoms with Gasteiger partial charge in [-0.1, -0.05) is 12.1 Å². The quantitative estimate of drug-likeness (QED) is 0.699. The molecule has 10 nitrogen and oxygen atoms in total.